The van der Waals surface area contributed by atoms with E-state index in [1.54, 1.807) is 74.4 Å². The standard InChI is InChI=1S/C51H77N7O12/c1-12-68-47(65)39(28-31(2)3)55-42(60)36(20-16-26-52-48(66)69-50(6,7)8)53-45(63)41(32(4)5)57-43(61)37(29-34-22-24-35(59)25-23-34)54-44(62)40-21-17-27-58(40)46(64)38(30-33-18-14-13-15-19-33)56-49(67)70-51(9,10)11/h13-15,18-19,22-25,31-32,36-41,59H,12,16-17,20-21,26-30H2,1-11H3,(H,52,66)(H,53,63)(H,54,62)(H,55,60)(H,56,67)(H,57,61)/t36-,37-,38+,39-,40-,41-/m0/s1. The number of rotatable bonds is 23. The average Bonchev–Trinajstić information content (AvgIpc) is 3.75. The van der Waals surface area contributed by atoms with Crippen molar-refractivity contribution in [2.45, 2.75) is 169 Å². The van der Waals surface area contributed by atoms with Crippen molar-refractivity contribution in [1.29, 1.82) is 0 Å². The zero-order valence-corrected chi connectivity index (χ0v) is 42.8. The molecular weight excluding hydrogens is 903 g/mol. The lowest BCUT2D eigenvalue weighted by Gasteiger charge is -2.31. The predicted octanol–water partition coefficient (Wildman–Crippen LogP) is 4.57. The fourth-order valence-electron chi connectivity index (χ4n) is 7.68. The van der Waals surface area contributed by atoms with Crippen LogP contribution in [0.3, 0.4) is 0 Å². The highest BCUT2D eigenvalue weighted by Gasteiger charge is 2.40. The summed E-state index contributed by atoms with van der Waals surface area (Å²) < 4.78 is 16.0. The Labute approximate surface area is 412 Å². The lowest BCUT2D eigenvalue weighted by Crippen LogP contribution is -2.60. The third-order valence-electron chi connectivity index (χ3n) is 10.9. The van der Waals surface area contributed by atoms with Gasteiger partial charge in [-0.3, -0.25) is 24.0 Å². The van der Waals surface area contributed by atoms with Crippen LogP contribution in [0, 0.1) is 11.8 Å². The van der Waals surface area contributed by atoms with Crippen LogP contribution in [0.25, 0.3) is 0 Å². The van der Waals surface area contributed by atoms with E-state index in [0.717, 1.165) is 5.56 Å². The lowest BCUT2D eigenvalue weighted by molar-refractivity contribution is -0.148. The lowest BCUT2D eigenvalue weighted by atomic mass is 9.99. The van der Waals surface area contributed by atoms with Crippen molar-refractivity contribution in [1.82, 2.24) is 36.8 Å². The van der Waals surface area contributed by atoms with Crippen LogP contribution in [0.4, 0.5) is 9.59 Å². The summed E-state index contributed by atoms with van der Waals surface area (Å²) in [6.07, 6.45) is -0.232. The second-order valence-electron chi connectivity index (χ2n) is 20.3. The Hall–Kier alpha value is -6.40. The topological polar surface area (TPSA) is 260 Å². The van der Waals surface area contributed by atoms with Gasteiger partial charge in [0.1, 0.15) is 53.2 Å². The number of hydrogen-bond acceptors (Lipinski definition) is 12. The van der Waals surface area contributed by atoms with E-state index in [1.165, 1.54) is 17.0 Å². The number of phenolic OH excluding ortho intramolecular Hbond substituents is 1. The molecule has 1 aliphatic heterocycles. The zero-order valence-electron chi connectivity index (χ0n) is 42.8. The number of nitrogens with one attached hydrogen (secondary N) is 6. The third-order valence-corrected chi connectivity index (χ3v) is 10.9. The molecule has 1 aliphatic rings. The summed E-state index contributed by atoms with van der Waals surface area (Å²) in [5, 5.41) is 26.4. The number of nitrogens with zero attached hydrogens (tertiary/aromatic N) is 1. The van der Waals surface area contributed by atoms with Gasteiger partial charge < -0.3 is 56.1 Å². The van der Waals surface area contributed by atoms with Gasteiger partial charge in [0.25, 0.3) is 0 Å². The fraction of sp³-hybridized carbons (Fsp3) is 0.608. The van der Waals surface area contributed by atoms with Gasteiger partial charge in [-0.1, -0.05) is 70.2 Å². The molecule has 0 aromatic heterocycles. The molecule has 19 nitrogen and oxygen atoms in total. The van der Waals surface area contributed by atoms with Crippen LogP contribution in [-0.4, -0.2) is 125 Å². The van der Waals surface area contributed by atoms with Gasteiger partial charge >= 0.3 is 18.2 Å². The summed E-state index contributed by atoms with van der Waals surface area (Å²) in [5.41, 5.74) is -0.266. The minimum atomic E-state index is -1.30. The maximum absolute atomic E-state index is 14.4. The predicted molar refractivity (Wildman–Crippen MR) is 262 cm³/mol. The number of aromatic hydroxyl groups is 1. The van der Waals surface area contributed by atoms with E-state index in [0.29, 0.717) is 12.0 Å². The Kier molecular flexibility index (Phi) is 22.4. The van der Waals surface area contributed by atoms with Crippen LogP contribution in [0.2, 0.25) is 0 Å². The summed E-state index contributed by atoms with van der Waals surface area (Å²) in [6, 6.07) is 8.20. The smallest absolute Gasteiger partial charge is 0.408 e. The highest BCUT2D eigenvalue weighted by atomic mass is 16.6. The van der Waals surface area contributed by atoms with E-state index in [1.807, 2.05) is 44.2 Å². The first-order chi connectivity index (χ1) is 32.8. The molecule has 0 spiro atoms. The molecule has 7 amide bonds. The zero-order chi connectivity index (χ0) is 52.3. The number of hydrogen-bond donors (Lipinski definition) is 7. The molecule has 1 saturated heterocycles. The van der Waals surface area contributed by atoms with E-state index in [9.17, 15) is 43.5 Å². The summed E-state index contributed by atoms with van der Waals surface area (Å²) in [5.74, 6) is -4.53. The summed E-state index contributed by atoms with van der Waals surface area (Å²) >= 11 is 0. The third kappa shape index (κ3) is 20.3. The minimum Gasteiger partial charge on any atom is -0.508 e. The van der Waals surface area contributed by atoms with Gasteiger partial charge in [-0.25, -0.2) is 14.4 Å². The van der Waals surface area contributed by atoms with Crippen molar-refractivity contribution in [2.24, 2.45) is 11.8 Å². The van der Waals surface area contributed by atoms with Crippen LogP contribution in [0.1, 0.15) is 119 Å². The van der Waals surface area contributed by atoms with Gasteiger partial charge in [0.2, 0.25) is 29.5 Å². The number of carbonyl (C=O) groups is 8. The molecule has 3 rings (SSSR count). The minimum absolute atomic E-state index is 0.00808. The molecule has 6 atom stereocenters. The van der Waals surface area contributed by atoms with Gasteiger partial charge in [0.05, 0.1) is 6.61 Å². The van der Waals surface area contributed by atoms with Gasteiger partial charge in [-0.2, -0.15) is 0 Å². The van der Waals surface area contributed by atoms with Crippen LogP contribution < -0.4 is 31.9 Å². The second-order valence-corrected chi connectivity index (χ2v) is 20.3. The number of amides is 7. The molecule has 2 aromatic carbocycles. The number of carbonyl (C=O) groups excluding carboxylic acids is 8. The van der Waals surface area contributed by atoms with Crippen molar-refractivity contribution in [3.8, 4) is 5.75 Å². The Morgan fingerprint density at radius 3 is 1.84 bits per heavy atom. The first-order valence-electron chi connectivity index (χ1n) is 24.2. The molecule has 19 heteroatoms. The van der Waals surface area contributed by atoms with Crippen molar-refractivity contribution in [2.75, 3.05) is 19.7 Å². The molecule has 0 saturated carbocycles. The van der Waals surface area contributed by atoms with E-state index >= 15 is 0 Å². The molecule has 7 N–H and O–H groups in total. The first-order valence-corrected chi connectivity index (χ1v) is 24.2. The van der Waals surface area contributed by atoms with E-state index in [4.69, 9.17) is 14.2 Å². The second kappa shape index (κ2) is 27.1. The van der Waals surface area contributed by atoms with Gasteiger partial charge in [0.15, 0.2) is 0 Å². The fourth-order valence-corrected chi connectivity index (χ4v) is 7.68. The highest BCUT2D eigenvalue weighted by molar-refractivity contribution is 5.97. The van der Waals surface area contributed by atoms with Crippen molar-refractivity contribution in [3.63, 3.8) is 0 Å². The maximum atomic E-state index is 14.4. The summed E-state index contributed by atoms with van der Waals surface area (Å²) in [7, 11) is 0. The van der Waals surface area contributed by atoms with E-state index in [-0.39, 0.29) is 69.9 Å². The molecule has 0 aliphatic carbocycles. The Balaban J connectivity index is 1.90. The quantitative estimate of drug-likeness (QED) is 0.0459. The van der Waals surface area contributed by atoms with Gasteiger partial charge in [-0.05, 0) is 116 Å². The number of alkyl carbamates (subject to hydrolysis) is 2. The normalized spacial score (nSPS) is 15.9. The summed E-state index contributed by atoms with van der Waals surface area (Å²) in [4.78, 5) is 111. The SMILES string of the molecule is CCOC(=O)[C@H](CC(C)C)NC(=O)[C@H](CCCNC(=O)OC(C)(C)C)NC(=O)[C@@H](NC(=O)[C@H](Cc1ccc(O)cc1)NC(=O)[C@@H]1CCCN1C(=O)[C@@H](Cc1ccccc1)NC(=O)OC(C)(C)C)C(C)C. The molecule has 2 aromatic rings. The van der Waals surface area contributed by atoms with Crippen LogP contribution >= 0.6 is 0 Å². The molecule has 1 heterocycles. The molecule has 0 radical (unpaired) electrons. The number of esters is 1. The monoisotopic (exact) mass is 980 g/mol. The molecule has 0 unspecified atom stereocenters. The Morgan fingerprint density at radius 1 is 0.686 bits per heavy atom. The molecular formula is C51H77N7O12. The Bertz CT molecular complexity index is 2070. The maximum Gasteiger partial charge on any atom is 0.408 e. The molecule has 388 valence electrons. The van der Waals surface area contributed by atoms with Crippen LogP contribution in [0.15, 0.2) is 54.6 Å². The number of phenols is 1. The summed E-state index contributed by atoms with van der Waals surface area (Å²) in [6.45, 7) is 19.4. The van der Waals surface area contributed by atoms with E-state index < -0.39 is 101 Å². The van der Waals surface area contributed by atoms with Crippen molar-refractivity contribution in [3.05, 3.63) is 65.7 Å². The molecule has 0 bridgehead atoms. The Morgan fingerprint density at radius 2 is 1.26 bits per heavy atom. The van der Waals surface area contributed by atoms with Gasteiger partial charge in [0, 0.05) is 25.9 Å². The molecule has 1 fully saturated rings. The number of likely N-dealkylation sites (tertiary alicyclic amines) is 1. The first kappa shape index (κ1) is 57.9. The van der Waals surface area contributed by atoms with Crippen LogP contribution in [0.5, 0.6) is 5.75 Å². The van der Waals surface area contributed by atoms with E-state index in [2.05, 4.69) is 31.9 Å². The van der Waals surface area contributed by atoms with Crippen LogP contribution in [-0.2, 0) is 55.8 Å². The average molecular weight is 980 g/mol. The largest absolute Gasteiger partial charge is 0.508 e. The van der Waals surface area contributed by atoms with Gasteiger partial charge in [-0.15, -0.1) is 0 Å². The number of benzene rings is 2. The molecule has 70 heavy (non-hydrogen) atoms. The highest BCUT2D eigenvalue weighted by Crippen LogP contribution is 2.22. The van der Waals surface area contributed by atoms with Crippen molar-refractivity contribution < 1.29 is 57.7 Å². The van der Waals surface area contributed by atoms with Crippen molar-refractivity contribution >= 4 is 47.7 Å². The number of ether oxygens (including phenoxy) is 3.